The van der Waals surface area contributed by atoms with Gasteiger partial charge in [-0.1, -0.05) is 6.92 Å². The zero-order valence-corrected chi connectivity index (χ0v) is 10.9. The molecule has 2 aliphatic heterocycles. The molecular formula is C12H24N2S. The molecule has 2 fully saturated rings. The lowest BCUT2D eigenvalue weighted by molar-refractivity contribution is 0.212. The van der Waals surface area contributed by atoms with E-state index in [1.807, 2.05) is 0 Å². The lowest BCUT2D eigenvalue weighted by atomic mass is 10.0. The minimum absolute atomic E-state index is 0.745. The van der Waals surface area contributed by atoms with Crippen LogP contribution in [0.25, 0.3) is 0 Å². The summed E-state index contributed by atoms with van der Waals surface area (Å²) in [5.74, 6) is 1.36. The van der Waals surface area contributed by atoms with E-state index in [-0.39, 0.29) is 0 Å². The summed E-state index contributed by atoms with van der Waals surface area (Å²) >= 11 is 2.14. The molecule has 3 heteroatoms. The van der Waals surface area contributed by atoms with Crippen LogP contribution >= 0.6 is 11.8 Å². The molecule has 0 aliphatic carbocycles. The third-order valence-corrected chi connectivity index (χ3v) is 5.06. The molecule has 15 heavy (non-hydrogen) atoms. The normalized spacial score (nSPS) is 39.2. The second-order valence-corrected chi connectivity index (χ2v) is 6.58. The van der Waals surface area contributed by atoms with Crippen molar-refractivity contribution in [2.75, 3.05) is 25.9 Å². The molecule has 0 radical (unpaired) electrons. The van der Waals surface area contributed by atoms with Crippen molar-refractivity contribution < 1.29 is 0 Å². The summed E-state index contributed by atoms with van der Waals surface area (Å²) in [7, 11) is 2.24. The second-order valence-electron chi connectivity index (χ2n) is 5.09. The fraction of sp³-hybridized carbons (Fsp3) is 1.00. The van der Waals surface area contributed by atoms with Gasteiger partial charge in [0.1, 0.15) is 0 Å². The molecule has 2 nitrogen and oxygen atoms in total. The van der Waals surface area contributed by atoms with E-state index in [9.17, 15) is 0 Å². The van der Waals surface area contributed by atoms with Crippen LogP contribution in [-0.4, -0.2) is 48.1 Å². The topological polar surface area (TPSA) is 15.3 Å². The molecule has 0 saturated carbocycles. The van der Waals surface area contributed by atoms with Gasteiger partial charge in [-0.3, -0.25) is 0 Å². The van der Waals surface area contributed by atoms with E-state index in [2.05, 4.69) is 35.9 Å². The number of hydrogen-bond acceptors (Lipinski definition) is 3. The van der Waals surface area contributed by atoms with Crippen LogP contribution in [0.2, 0.25) is 0 Å². The molecule has 2 saturated heterocycles. The second kappa shape index (κ2) is 5.55. The standard InChI is InChI=1S/C12H24N2S/c1-10-12(6-4-8-15-10)13-11-5-3-7-14(2)9-11/h10-13H,3-9H2,1-2H3. The molecular weight excluding hydrogens is 204 g/mol. The molecule has 0 aromatic heterocycles. The van der Waals surface area contributed by atoms with Crippen molar-refractivity contribution in [2.45, 2.75) is 49.9 Å². The van der Waals surface area contributed by atoms with Gasteiger partial charge in [0, 0.05) is 23.9 Å². The van der Waals surface area contributed by atoms with Crippen LogP contribution in [0.1, 0.15) is 32.6 Å². The predicted octanol–water partition coefficient (Wildman–Crippen LogP) is 1.95. The van der Waals surface area contributed by atoms with Gasteiger partial charge in [-0.2, -0.15) is 11.8 Å². The number of thioether (sulfide) groups is 1. The predicted molar refractivity (Wildman–Crippen MR) is 68.6 cm³/mol. The van der Waals surface area contributed by atoms with E-state index < -0.39 is 0 Å². The summed E-state index contributed by atoms with van der Waals surface area (Å²) < 4.78 is 0. The van der Waals surface area contributed by atoms with Crippen LogP contribution in [0, 0.1) is 0 Å². The summed E-state index contributed by atoms with van der Waals surface area (Å²) in [6.07, 6.45) is 5.52. The Morgan fingerprint density at radius 1 is 1.27 bits per heavy atom. The molecule has 0 aromatic rings. The molecule has 0 aromatic carbocycles. The van der Waals surface area contributed by atoms with Crippen molar-refractivity contribution in [3.05, 3.63) is 0 Å². The van der Waals surface area contributed by atoms with E-state index >= 15 is 0 Å². The van der Waals surface area contributed by atoms with Crippen LogP contribution in [0.4, 0.5) is 0 Å². The molecule has 2 heterocycles. The Morgan fingerprint density at radius 2 is 2.13 bits per heavy atom. The minimum atomic E-state index is 0.745. The summed E-state index contributed by atoms with van der Waals surface area (Å²) in [5, 5.41) is 4.69. The summed E-state index contributed by atoms with van der Waals surface area (Å²) in [6, 6.07) is 1.51. The van der Waals surface area contributed by atoms with E-state index in [0.717, 1.165) is 17.3 Å². The van der Waals surface area contributed by atoms with Gasteiger partial charge < -0.3 is 10.2 Å². The maximum atomic E-state index is 3.88. The van der Waals surface area contributed by atoms with Gasteiger partial charge in [-0.15, -0.1) is 0 Å². The Morgan fingerprint density at radius 3 is 2.87 bits per heavy atom. The summed E-state index contributed by atoms with van der Waals surface area (Å²) in [4.78, 5) is 2.46. The smallest absolute Gasteiger partial charge is 0.0198 e. The number of rotatable bonds is 2. The third-order valence-electron chi connectivity index (χ3n) is 3.68. The lowest BCUT2D eigenvalue weighted by Gasteiger charge is -2.37. The van der Waals surface area contributed by atoms with E-state index in [0.29, 0.717) is 0 Å². The molecule has 88 valence electrons. The zero-order valence-electron chi connectivity index (χ0n) is 10.0. The number of likely N-dealkylation sites (N-methyl/N-ethyl adjacent to an activating group) is 1. The average molecular weight is 228 g/mol. The van der Waals surface area contributed by atoms with Crippen LogP contribution < -0.4 is 5.32 Å². The van der Waals surface area contributed by atoms with Crippen molar-refractivity contribution in [3.8, 4) is 0 Å². The highest BCUT2D eigenvalue weighted by atomic mass is 32.2. The first-order chi connectivity index (χ1) is 7.25. The van der Waals surface area contributed by atoms with Crippen molar-refractivity contribution in [1.82, 2.24) is 10.2 Å². The van der Waals surface area contributed by atoms with Gasteiger partial charge in [0.15, 0.2) is 0 Å². The molecule has 1 N–H and O–H groups in total. The first-order valence-electron chi connectivity index (χ1n) is 6.32. The van der Waals surface area contributed by atoms with E-state index in [1.54, 1.807) is 0 Å². The highest BCUT2D eigenvalue weighted by Crippen LogP contribution is 2.26. The lowest BCUT2D eigenvalue weighted by Crippen LogP contribution is -2.51. The Labute approximate surface area is 98.2 Å². The van der Waals surface area contributed by atoms with E-state index in [1.165, 1.54) is 44.5 Å². The van der Waals surface area contributed by atoms with Crippen molar-refractivity contribution in [2.24, 2.45) is 0 Å². The van der Waals surface area contributed by atoms with Gasteiger partial charge in [0.25, 0.3) is 0 Å². The highest BCUT2D eigenvalue weighted by molar-refractivity contribution is 7.99. The van der Waals surface area contributed by atoms with Crippen LogP contribution in [0.5, 0.6) is 0 Å². The Bertz CT molecular complexity index is 198. The number of piperidine rings is 1. The fourth-order valence-corrected chi connectivity index (χ4v) is 3.90. The van der Waals surface area contributed by atoms with E-state index in [4.69, 9.17) is 0 Å². The third kappa shape index (κ3) is 3.36. The number of nitrogens with zero attached hydrogens (tertiary/aromatic N) is 1. The minimum Gasteiger partial charge on any atom is -0.309 e. The summed E-state index contributed by atoms with van der Waals surface area (Å²) in [6.45, 7) is 4.91. The maximum Gasteiger partial charge on any atom is 0.0198 e. The van der Waals surface area contributed by atoms with Crippen LogP contribution in [-0.2, 0) is 0 Å². The molecule has 3 unspecified atom stereocenters. The van der Waals surface area contributed by atoms with Crippen molar-refractivity contribution >= 4 is 11.8 Å². The largest absolute Gasteiger partial charge is 0.309 e. The van der Waals surface area contributed by atoms with Gasteiger partial charge in [0.2, 0.25) is 0 Å². The van der Waals surface area contributed by atoms with Crippen LogP contribution in [0.15, 0.2) is 0 Å². The molecule has 2 rings (SSSR count). The highest BCUT2D eigenvalue weighted by Gasteiger charge is 2.25. The van der Waals surface area contributed by atoms with Gasteiger partial charge in [-0.25, -0.2) is 0 Å². The first kappa shape index (κ1) is 11.7. The molecule has 0 bridgehead atoms. The fourth-order valence-electron chi connectivity index (χ4n) is 2.75. The molecule has 3 atom stereocenters. The average Bonchev–Trinajstić information content (AvgIpc) is 2.22. The van der Waals surface area contributed by atoms with Gasteiger partial charge in [0.05, 0.1) is 0 Å². The first-order valence-corrected chi connectivity index (χ1v) is 7.37. The monoisotopic (exact) mass is 228 g/mol. The number of nitrogens with one attached hydrogen (secondary N) is 1. The summed E-state index contributed by atoms with van der Waals surface area (Å²) in [5.41, 5.74) is 0. The van der Waals surface area contributed by atoms with Crippen LogP contribution in [0.3, 0.4) is 0 Å². The molecule has 0 spiro atoms. The Balaban J connectivity index is 1.79. The maximum absolute atomic E-state index is 3.88. The number of likely N-dealkylation sites (tertiary alicyclic amines) is 1. The van der Waals surface area contributed by atoms with Gasteiger partial charge >= 0.3 is 0 Å². The van der Waals surface area contributed by atoms with Gasteiger partial charge in [-0.05, 0) is 45.0 Å². The quantitative estimate of drug-likeness (QED) is 0.778. The number of hydrogen-bond donors (Lipinski definition) is 1. The SMILES string of the molecule is CC1SCCCC1NC1CCCN(C)C1. The Hall–Kier alpha value is 0.270. The van der Waals surface area contributed by atoms with Crippen molar-refractivity contribution in [1.29, 1.82) is 0 Å². The Kier molecular flexibility index (Phi) is 4.35. The zero-order chi connectivity index (χ0) is 10.7. The molecule has 0 amide bonds. The molecule has 2 aliphatic rings. The van der Waals surface area contributed by atoms with Crippen molar-refractivity contribution in [3.63, 3.8) is 0 Å².